The summed E-state index contributed by atoms with van der Waals surface area (Å²) < 4.78 is 5.18. The zero-order valence-corrected chi connectivity index (χ0v) is 8.49. The monoisotopic (exact) mass is 192 g/mol. The second-order valence-electron chi connectivity index (χ2n) is 3.90. The highest BCUT2D eigenvalue weighted by Crippen LogP contribution is 2.50. The van der Waals surface area contributed by atoms with Gasteiger partial charge in [0.05, 0.1) is 12.8 Å². The molecule has 0 aromatic carbocycles. The number of hydrogen-bond acceptors (Lipinski definition) is 3. The summed E-state index contributed by atoms with van der Waals surface area (Å²) in [5.41, 5.74) is 7.01. The minimum Gasteiger partial charge on any atom is -0.497 e. The van der Waals surface area contributed by atoms with Crippen LogP contribution in [-0.2, 0) is 5.41 Å². The van der Waals surface area contributed by atoms with Crippen molar-refractivity contribution in [1.82, 2.24) is 4.98 Å². The number of nitrogens with zero attached hydrogens (tertiary/aromatic N) is 1. The quantitative estimate of drug-likeness (QED) is 0.785. The van der Waals surface area contributed by atoms with Gasteiger partial charge in [-0.1, -0.05) is 0 Å². The van der Waals surface area contributed by atoms with Crippen LogP contribution in [0.15, 0.2) is 18.3 Å². The number of rotatable bonds is 4. The van der Waals surface area contributed by atoms with Gasteiger partial charge in [0.15, 0.2) is 0 Å². The molecule has 1 saturated carbocycles. The van der Waals surface area contributed by atoms with E-state index in [9.17, 15) is 0 Å². The summed E-state index contributed by atoms with van der Waals surface area (Å²) in [6.07, 6.45) is 5.27. The van der Waals surface area contributed by atoms with E-state index in [1.54, 1.807) is 7.11 Å². The van der Waals surface area contributed by atoms with E-state index >= 15 is 0 Å². The molecule has 3 nitrogen and oxygen atoms in total. The average molecular weight is 192 g/mol. The first-order valence-corrected chi connectivity index (χ1v) is 5.01. The van der Waals surface area contributed by atoms with Gasteiger partial charge in [-0.15, -0.1) is 0 Å². The van der Waals surface area contributed by atoms with Crippen molar-refractivity contribution in [1.29, 1.82) is 0 Å². The Labute approximate surface area is 84.3 Å². The molecule has 1 aromatic heterocycles. The van der Waals surface area contributed by atoms with E-state index in [1.165, 1.54) is 12.8 Å². The normalized spacial score (nSPS) is 17.9. The van der Waals surface area contributed by atoms with Gasteiger partial charge in [0, 0.05) is 17.7 Å². The minimum absolute atomic E-state index is 0.267. The van der Waals surface area contributed by atoms with Crippen LogP contribution < -0.4 is 10.5 Å². The molecule has 0 atom stereocenters. The van der Waals surface area contributed by atoms with Crippen molar-refractivity contribution in [3.05, 3.63) is 24.0 Å². The third-order valence-electron chi connectivity index (χ3n) is 2.99. The van der Waals surface area contributed by atoms with Crippen LogP contribution in [-0.4, -0.2) is 18.6 Å². The van der Waals surface area contributed by atoms with Gasteiger partial charge in [0.1, 0.15) is 5.75 Å². The van der Waals surface area contributed by atoms with E-state index in [0.717, 1.165) is 24.4 Å². The summed E-state index contributed by atoms with van der Waals surface area (Å²) in [6, 6.07) is 3.91. The Hall–Kier alpha value is -1.09. The van der Waals surface area contributed by atoms with E-state index in [1.807, 2.05) is 18.3 Å². The van der Waals surface area contributed by atoms with Gasteiger partial charge >= 0.3 is 0 Å². The van der Waals surface area contributed by atoms with Crippen LogP contribution >= 0.6 is 0 Å². The summed E-state index contributed by atoms with van der Waals surface area (Å²) in [5, 5.41) is 0. The molecule has 0 bridgehead atoms. The van der Waals surface area contributed by atoms with E-state index in [0.29, 0.717) is 0 Å². The summed E-state index contributed by atoms with van der Waals surface area (Å²) in [6.45, 7) is 0.735. The van der Waals surface area contributed by atoms with Gasteiger partial charge in [0.25, 0.3) is 0 Å². The van der Waals surface area contributed by atoms with Gasteiger partial charge in [-0.25, -0.2) is 0 Å². The number of ether oxygens (including phenoxy) is 1. The van der Waals surface area contributed by atoms with Crippen LogP contribution in [0.2, 0.25) is 0 Å². The highest BCUT2D eigenvalue weighted by molar-refractivity contribution is 5.31. The first-order valence-electron chi connectivity index (χ1n) is 5.01. The first-order chi connectivity index (χ1) is 6.80. The third kappa shape index (κ3) is 1.60. The van der Waals surface area contributed by atoms with E-state index in [-0.39, 0.29) is 5.41 Å². The van der Waals surface area contributed by atoms with Gasteiger partial charge in [-0.2, -0.15) is 0 Å². The Bertz CT molecular complexity index is 321. The Morgan fingerprint density at radius 3 is 2.93 bits per heavy atom. The van der Waals surface area contributed by atoms with E-state index in [4.69, 9.17) is 10.5 Å². The molecule has 2 N–H and O–H groups in total. The second-order valence-corrected chi connectivity index (χ2v) is 3.90. The second kappa shape index (κ2) is 3.58. The lowest BCUT2D eigenvalue weighted by Gasteiger charge is -2.13. The molecule has 0 amide bonds. The molecule has 76 valence electrons. The molecule has 0 radical (unpaired) electrons. The summed E-state index contributed by atoms with van der Waals surface area (Å²) in [4.78, 5) is 4.40. The maximum absolute atomic E-state index is 5.60. The number of methoxy groups -OCH3 is 1. The molecule has 0 saturated heterocycles. The standard InChI is InChI=1S/C11H16N2O/c1-14-9-2-7-13-10(8-9)11(3-4-11)5-6-12/h2,7-8H,3-6,12H2,1H3. The summed E-state index contributed by atoms with van der Waals surface area (Å²) >= 11 is 0. The van der Waals surface area contributed by atoms with Crippen molar-refractivity contribution in [2.45, 2.75) is 24.7 Å². The molecule has 1 aliphatic rings. The highest BCUT2D eigenvalue weighted by atomic mass is 16.5. The predicted molar refractivity (Wildman–Crippen MR) is 55.4 cm³/mol. The van der Waals surface area contributed by atoms with Gasteiger partial charge in [-0.05, 0) is 31.9 Å². The largest absolute Gasteiger partial charge is 0.497 e. The van der Waals surface area contributed by atoms with Crippen molar-refractivity contribution < 1.29 is 4.74 Å². The number of pyridine rings is 1. The summed E-state index contributed by atoms with van der Waals surface area (Å²) in [5.74, 6) is 0.887. The zero-order valence-electron chi connectivity index (χ0n) is 8.49. The Balaban J connectivity index is 2.23. The predicted octanol–water partition coefficient (Wildman–Crippen LogP) is 1.47. The van der Waals surface area contributed by atoms with Crippen LogP contribution in [0.1, 0.15) is 25.0 Å². The van der Waals surface area contributed by atoms with Crippen molar-refractivity contribution in [3.8, 4) is 5.75 Å². The maximum Gasteiger partial charge on any atom is 0.122 e. The Kier molecular flexibility index (Phi) is 2.42. The molecule has 1 aromatic rings. The number of nitrogens with two attached hydrogens (primary N) is 1. The molecule has 1 heterocycles. The van der Waals surface area contributed by atoms with Crippen LogP contribution in [0, 0.1) is 0 Å². The average Bonchev–Trinajstić information content (AvgIpc) is 3.00. The molecule has 0 aliphatic heterocycles. The highest BCUT2D eigenvalue weighted by Gasteiger charge is 2.44. The van der Waals surface area contributed by atoms with E-state index < -0.39 is 0 Å². The first kappa shape index (κ1) is 9.46. The summed E-state index contributed by atoms with van der Waals surface area (Å²) in [7, 11) is 1.68. The number of hydrogen-bond donors (Lipinski definition) is 1. The lowest BCUT2D eigenvalue weighted by Crippen LogP contribution is -2.14. The molecule has 14 heavy (non-hydrogen) atoms. The van der Waals surface area contributed by atoms with Crippen LogP contribution in [0.25, 0.3) is 0 Å². The van der Waals surface area contributed by atoms with E-state index in [2.05, 4.69) is 4.98 Å². The van der Waals surface area contributed by atoms with Crippen molar-refractivity contribution in [2.75, 3.05) is 13.7 Å². The minimum atomic E-state index is 0.267. The molecule has 0 unspecified atom stereocenters. The molecule has 0 spiro atoms. The lowest BCUT2D eigenvalue weighted by molar-refractivity contribution is 0.412. The van der Waals surface area contributed by atoms with Gasteiger partial charge in [-0.3, -0.25) is 4.98 Å². The zero-order chi connectivity index (χ0) is 10.0. The molecular formula is C11H16N2O. The Morgan fingerprint density at radius 1 is 1.57 bits per heavy atom. The molecule has 3 heteroatoms. The molecule has 1 aliphatic carbocycles. The van der Waals surface area contributed by atoms with Crippen molar-refractivity contribution in [3.63, 3.8) is 0 Å². The topological polar surface area (TPSA) is 48.1 Å². The molecule has 2 rings (SSSR count). The third-order valence-corrected chi connectivity index (χ3v) is 2.99. The fraction of sp³-hybridized carbons (Fsp3) is 0.545. The van der Waals surface area contributed by atoms with Crippen LogP contribution in [0.5, 0.6) is 5.75 Å². The fourth-order valence-corrected chi connectivity index (χ4v) is 1.89. The number of aromatic nitrogens is 1. The molecular weight excluding hydrogens is 176 g/mol. The smallest absolute Gasteiger partial charge is 0.122 e. The Morgan fingerprint density at radius 2 is 2.36 bits per heavy atom. The SMILES string of the molecule is COc1ccnc(C2(CCN)CC2)c1. The van der Waals surface area contributed by atoms with Crippen LogP contribution in [0.3, 0.4) is 0 Å². The van der Waals surface area contributed by atoms with Crippen molar-refractivity contribution >= 4 is 0 Å². The fourth-order valence-electron chi connectivity index (χ4n) is 1.89. The lowest BCUT2D eigenvalue weighted by atomic mass is 9.97. The van der Waals surface area contributed by atoms with Crippen molar-refractivity contribution in [2.24, 2.45) is 5.73 Å². The molecule has 1 fully saturated rings. The van der Waals surface area contributed by atoms with Gasteiger partial charge in [0.2, 0.25) is 0 Å². The maximum atomic E-state index is 5.60. The van der Waals surface area contributed by atoms with Gasteiger partial charge < -0.3 is 10.5 Å². The van der Waals surface area contributed by atoms with Crippen LogP contribution in [0.4, 0.5) is 0 Å².